The number of hydrogen-bond donors (Lipinski definition) is 4. The van der Waals surface area contributed by atoms with Crippen molar-refractivity contribution in [2.45, 2.75) is 12.3 Å². The number of pyridine rings is 1. The molecule has 0 saturated heterocycles. The summed E-state index contributed by atoms with van der Waals surface area (Å²) in [5, 5.41) is 30.3. The number of aliphatic hydroxyl groups excluding tert-OH is 2. The number of nitrogens with one attached hydrogen (secondary N) is 2. The third kappa shape index (κ3) is 3.81. The second-order valence-electron chi connectivity index (χ2n) is 5.61. The number of H-pyrrole nitrogens is 1. The molecule has 0 spiro atoms. The summed E-state index contributed by atoms with van der Waals surface area (Å²) in [7, 11) is 0. The maximum absolute atomic E-state index is 13.0. The smallest absolute Gasteiger partial charge is 0.394 e. The SMILES string of the molecule is N#Cc1cnc(NC[C@H](O)CO)nc1-c1c[nH]c2ncc(C(F)(F)F)cc12. The van der Waals surface area contributed by atoms with E-state index in [4.69, 9.17) is 5.11 Å². The Morgan fingerprint density at radius 1 is 1.30 bits per heavy atom. The lowest BCUT2D eigenvalue weighted by Gasteiger charge is -2.10. The van der Waals surface area contributed by atoms with Crippen molar-refractivity contribution in [1.82, 2.24) is 19.9 Å². The first kappa shape index (κ1) is 18.6. The molecule has 0 saturated carbocycles. The average Bonchev–Trinajstić information content (AvgIpc) is 3.08. The van der Waals surface area contributed by atoms with Crippen LogP contribution >= 0.6 is 0 Å². The molecular weight excluding hydrogens is 365 g/mol. The molecular formula is C16H13F3N6O2. The van der Waals surface area contributed by atoms with Gasteiger partial charge in [-0.1, -0.05) is 0 Å². The molecule has 1 atom stereocenters. The number of aromatic amines is 1. The maximum Gasteiger partial charge on any atom is 0.417 e. The number of aromatic nitrogens is 4. The minimum Gasteiger partial charge on any atom is -0.394 e. The Morgan fingerprint density at radius 3 is 2.74 bits per heavy atom. The van der Waals surface area contributed by atoms with Crippen molar-refractivity contribution in [2.24, 2.45) is 0 Å². The zero-order chi connectivity index (χ0) is 19.6. The summed E-state index contributed by atoms with van der Waals surface area (Å²) in [6.07, 6.45) is -2.26. The van der Waals surface area contributed by atoms with Gasteiger partial charge in [-0.3, -0.25) is 0 Å². The highest BCUT2D eigenvalue weighted by atomic mass is 19.4. The number of nitriles is 1. The number of halogens is 3. The van der Waals surface area contributed by atoms with E-state index in [1.165, 1.54) is 12.4 Å². The van der Waals surface area contributed by atoms with Crippen LogP contribution in [0.25, 0.3) is 22.3 Å². The van der Waals surface area contributed by atoms with Crippen LogP contribution in [0.15, 0.2) is 24.7 Å². The van der Waals surface area contributed by atoms with E-state index in [0.29, 0.717) is 0 Å². The van der Waals surface area contributed by atoms with Crippen LogP contribution in [0, 0.1) is 11.3 Å². The van der Waals surface area contributed by atoms with E-state index >= 15 is 0 Å². The van der Waals surface area contributed by atoms with E-state index in [9.17, 15) is 23.5 Å². The van der Waals surface area contributed by atoms with Crippen LogP contribution in [0.1, 0.15) is 11.1 Å². The normalized spacial score (nSPS) is 12.7. The van der Waals surface area contributed by atoms with Gasteiger partial charge >= 0.3 is 6.18 Å². The van der Waals surface area contributed by atoms with Crippen LogP contribution in [0.5, 0.6) is 0 Å². The third-order valence-corrected chi connectivity index (χ3v) is 3.73. The molecule has 0 radical (unpaired) electrons. The standard InChI is InChI=1S/C16H13F3N6O2/c17-16(18,19)9-1-11-12(6-22-14(11)21-4-9)13-8(2-20)3-23-15(25-13)24-5-10(27)7-26/h1,3-4,6,10,26-27H,5,7H2,(H,21,22)(H,23,24,25)/t10-/m0/s1. The molecule has 3 rings (SSSR count). The first-order valence-electron chi connectivity index (χ1n) is 7.68. The van der Waals surface area contributed by atoms with Gasteiger partial charge in [-0.2, -0.15) is 18.4 Å². The summed E-state index contributed by atoms with van der Waals surface area (Å²) < 4.78 is 39.0. The van der Waals surface area contributed by atoms with Crippen molar-refractivity contribution >= 4 is 17.0 Å². The molecule has 11 heteroatoms. The fourth-order valence-corrected chi connectivity index (χ4v) is 2.38. The summed E-state index contributed by atoms with van der Waals surface area (Å²) in [6.45, 7) is -0.514. The van der Waals surface area contributed by atoms with E-state index in [0.717, 1.165) is 12.3 Å². The Labute approximate surface area is 150 Å². The van der Waals surface area contributed by atoms with Crippen LogP contribution in [0.2, 0.25) is 0 Å². The molecule has 8 nitrogen and oxygen atoms in total. The number of anilines is 1. The predicted octanol–water partition coefficient (Wildman–Crippen LogP) is 1.68. The molecule has 0 unspecified atom stereocenters. The number of alkyl halides is 3. The lowest BCUT2D eigenvalue weighted by atomic mass is 10.1. The second kappa shape index (κ2) is 7.18. The molecule has 0 aromatic carbocycles. The van der Waals surface area contributed by atoms with Gasteiger partial charge in [0, 0.05) is 29.9 Å². The predicted molar refractivity (Wildman–Crippen MR) is 88.4 cm³/mol. The quantitative estimate of drug-likeness (QED) is 0.531. The Morgan fingerprint density at radius 2 is 2.07 bits per heavy atom. The molecule has 0 amide bonds. The van der Waals surface area contributed by atoms with Gasteiger partial charge in [0.25, 0.3) is 0 Å². The van der Waals surface area contributed by atoms with Gasteiger partial charge in [-0.05, 0) is 6.07 Å². The Kier molecular flexibility index (Phi) is 4.93. The molecule has 0 bridgehead atoms. The number of aliphatic hydroxyl groups is 2. The molecule has 4 N–H and O–H groups in total. The summed E-state index contributed by atoms with van der Waals surface area (Å²) in [6, 6.07) is 2.83. The number of hydrogen-bond acceptors (Lipinski definition) is 7. The van der Waals surface area contributed by atoms with E-state index in [-0.39, 0.29) is 40.3 Å². The summed E-state index contributed by atoms with van der Waals surface area (Å²) >= 11 is 0. The molecule has 27 heavy (non-hydrogen) atoms. The zero-order valence-corrected chi connectivity index (χ0v) is 13.6. The lowest BCUT2D eigenvalue weighted by Crippen LogP contribution is -2.23. The van der Waals surface area contributed by atoms with Gasteiger partial charge in [-0.25, -0.2) is 15.0 Å². The van der Waals surface area contributed by atoms with Gasteiger partial charge in [0.05, 0.1) is 35.7 Å². The Hall–Kier alpha value is -3.23. The summed E-state index contributed by atoms with van der Waals surface area (Å²) in [5.74, 6) is 0.0470. The van der Waals surface area contributed by atoms with Gasteiger partial charge in [0.15, 0.2) is 0 Å². The van der Waals surface area contributed by atoms with Gasteiger partial charge in [0.1, 0.15) is 11.7 Å². The van der Waals surface area contributed by atoms with Gasteiger partial charge < -0.3 is 20.5 Å². The van der Waals surface area contributed by atoms with E-state index in [1.807, 2.05) is 6.07 Å². The van der Waals surface area contributed by atoms with Gasteiger partial charge in [0.2, 0.25) is 5.95 Å². The number of rotatable bonds is 5. The molecule has 3 aromatic heterocycles. The first-order valence-corrected chi connectivity index (χ1v) is 7.68. The van der Waals surface area contributed by atoms with Crippen molar-refractivity contribution in [1.29, 1.82) is 5.26 Å². The number of fused-ring (bicyclic) bond motifs is 1. The Bertz CT molecular complexity index is 1010. The van der Waals surface area contributed by atoms with Crippen LogP contribution in [0.3, 0.4) is 0 Å². The van der Waals surface area contributed by atoms with Crippen LogP contribution in [-0.2, 0) is 6.18 Å². The van der Waals surface area contributed by atoms with E-state index < -0.39 is 24.5 Å². The zero-order valence-electron chi connectivity index (χ0n) is 13.6. The molecule has 0 fully saturated rings. The monoisotopic (exact) mass is 378 g/mol. The lowest BCUT2D eigenvalue weighted by molar-refractivity contribution is -0.137. The third-order valence-electron chi connectivity index (χ3n) is 3.73. The minimum absolute atomic E-state index is 0.0461. The van der Waals surface area contributed by atoms with Crippen LogP contribution < -0.4 is 5.32 Å². The van der Waals surface area contributed by atoms with Crippen molar-refractivity contribution in [3.8, 4) is 17.3 Å². The fourth-order valence-electron chi connectivity index (χ4n) is 2.38. The topological polar surface area (TPSA) is 131 Å². The molecule has 3 aromatic rings. The van der Waals surface area contributed by atoms with Crippen molar-refractivity contribution < 1.29 is 23.4 Å². The number of nitrogens with zero attached hydrogens (tertiary/aromatic N) is 4. The summed E-state index contributed by atoms with van der Waals surface area (Å²) in [4.78, 5) is 14.6. The van der Waals surface area contributed by atoms with Crippen LogP contribution in [0.4, 0.5) is 19.1 Å². The highest BCUT2D eigenvalue weighted by molar-refractivity contribution is 5.94. The molecule has 0 aliphatic heterocycles. The largest absolute Gasteiger partial charge is 0.417 e. The fraction of sp³-hybridized carbons (Fsp3) is 0.250. The molecule has 0 aliphatic carbocycles. The second-order valence-corrected chi connectivity index (χ2v) is 5.61. The molecule has 3 heterocycles. The van der Waals surface area contributed by atoms with Crippen LogP contribution in [-0.4, -0.2) is 49.4 Å². The molecule has 0 aliphatic rings. The minimum atomic E-state index is -4.56. The average molecular weight is 378 g/mol. The van der Waals surface area contributed by atoms with E-state index in [2.05, 4.69) is 25.3 Å². The Balaban J connectivity index is 2.08. The molecule has 140 valence electrons. The van der Waals surface area contributed by atoms with Crippen molar-refractivity contribution in [2.75, 3.05) is 18.5 Å². The van der Waals surface area contributed by atoms with Gasteiger partial charge in [-0.15, -0.1) is 0 Å². The van der Waals surface area contributed by atoms with E-state index in [1.54, 1.807) is 0 Å². The van der Waals surface area contributed by atoms with Crippen molar-refractivity contribution in [3.63, 3.8) is 0 Å². The highest BCUT2D eigenvalue weighted by Gasteiger charge is 2.31. The first-order chi connectivity index (χ1) is 12.8. The highest BCUT2D eigenvalue weighted by Crippen LogP contribution is 2.34. The summed E-state index contributed by atoms with van der Waals surface area (Å²) in [5.41, 5.74) is -0.283. The van der Waals surface area contributed by atoms with Crippen molar-refractivity contribution in [3.05, 3.63) is 35.8 Å². The maximum atomic E-state index is 13.0.